The van der Waals surface area contributed by atoms with Crippen molar-refractivity contribution >= 4 is 17.7 Å². The van der Waals surface area contributed by atoms with Gasteiger partial charge in [0.2, 0.25) is 5.91 Å². The van der Waals surface area contributed by atoms with Crippen LogP contribution in [-0.4, -0.2) is 28.5 Å². The maximum atomic E-state index is 11.7. The maximum absolute atomic E-state index is 11.7. The second-order valence-corrected chi connectivity index (χ2v) is 3.97. The average molecular weight is 235 g/mol. The van der Waals surface area contributed by atoms with Gasteiger partial charge in [-0.05, 0) is 17.7 Å². The molecule has 1 atom stereocenters. The highest BCUT2D eigenvalue weighted by Gasteiger charge is 2.35. The third-order valence-corrected chi connectivity index (χ3v) is 2.80. The fourth-order valence-corrected chi connectivity index (χ4v) is 1.83. The lowest BCUT2D eigenvalue weighted by Crippen LogP contribution is -2.26. The number of hydrogen-bond donors (Lipinski definition) is 2. The Morgan fingerprint density at radius 2 is 2.41 bits per heavy atom. The Morgan fingerprint density at radius 3 is 3.00 bits per heavy atom. The highest BCUT2D eigenvalue weighted by atomic mass is 16.4. The maximum Gasteiger partial charge on any atom is 0.308 e. The lowest BCUT2D eigenvalue weighted by Gasteiger charge is -2.15. The van der Waals surface area contributed by atoms with E-state index in [-0.39, 0.29) is 18.9 Å². The van der Waals surface area contributed by atoms with Crippen LogP contribution in [0.15, 0.2) is 18.3 Å². The van der Waals surface area contributed by atoms with Crippen LogP contribution in [0, 0.1) is 5.92 Å². The van der Waals surface area contributed by atoms with Gasteiger partial charge in [-0.25, -0.2) is 4.98 Å². The molecule has 1 aromatic rings. The summed E-state index contributed by atoms with van der Waals surface area (Å²) in [6.45, 7) is 0.537. The Balaban J connectivity index is 2.22. The summed E-state index contributed by atoms with van der Waals surface area (Å²) in [7, 11) is 0. The first-order valence-electron chi connectivity index (χ1n) is 5.30. The highest BCUT2D eigenvalue weighted by molar-refractivity contribution is 5.98. The molecule has 2 rings (SSSR count). The summed E-state index contributed by atoms with van der Waals surface area (Å²) in [5.41, 5.74) is 6.36. The molecule has 0 bridgehead atoms. The van der Waals surface area contributed by atoms with Gasteiger partial charge in [0.15, 0.2) is 0 Å². The van der Waals surface area contributed by atoms with Crippen LogP contribution in [0.3, 0.4) is 0 Å². The van der Waals surface area contributed by atoms with E-state index in [0.717, 1.165) is 5.56 Å². The van der Waals surface area contributed by atoms with E-state index in [1.165, 1.54) is 4.90 Å². The third-order valence-electron chi connectivity index (χ3n) is 2.80. The van der Waals surface area contributed by atoms with Crippen LogP contribution in [0.25, 0.3) is 0 Å². The van der Waals surface area contributed by atoms with Gasteiger partial charge in [0.05, 0.1) is 5.92 Å². The van der Waals surface area contributed by atoms with E-state index < -0.39 is 11.9 Å². The molecule has 6 nitrogen and oxygen atoms in total. The standard InChI is InChI=1S/C11H13N3O3/c12-5-7-1-2-13-9(3-7)14-6-8(11(16)17)4-10(14)15/h1-3,8H,4-6,12H2,(H,16,17). The molecule has 1 fully saturated rings. The van der Waals surface area contributed by atoms with Crippen molar-refractivity contribution in [3.05, 3.63) is 23.9 Å². The zero-order chi connectivity index (χ0) is 12.4. The minimum absolute atomic E-state index is 0.0316. The molecule has 1 aromatic heterocycles. The Bertz CT molecular complexity index is 461. The summed E-state index contributed by atoms with van der Waals surface area (Å²) in [6, 6.07) is 3.47. The highest BCUT2D eigenvalue weighted by Crippen LogP contribution is 2.23. The second-order valence-electron chi connectivity index (χ2n) is 3.97. The molecule has 3 N–H and O–H groups in total. The number of rotatable bonds is 3. The quantitative estimate of drug-likeness (QED) is 0.767. The molecule has 6 heteroatoms. The van der Waals surface area contributed by atoms with Crippen LogP contribution in [0.2, 0.25) is 0 Å². The van der Waals surface area contributed by atoms with Gasteiger partial charge < -0.3 is 10.8 Å². The van der Waals surface area contributed by atoms with Crippen molar-refractivity contribution in [1.82, 2.24) is 4.98 Å². The second kappa shape index (κ2) is 4.50. The van der Waals surface area contributed by atoms with Crippen molar-refractivity contribution < 1.29 is 14.7 Å². The monoisotopic (exact) mass is 235 g/mol. The SMILES string of the molecule is NCc1ccnc(N2CC(C(=O)O)CC2=O)c1. The zero-order valence-electron chi connectivity index (χ0n) is 9.17. The number of carbonyl (C=O) groups excluding carboxylic acids is 1. The number of pyridine rings is 1. The average Bonchev–Trinajstić information content (AvgIpc) is 2.72. The first-order valence-corrected chi connectivity index (χ1v) is 5.30. The Labute approximate surface area is 98.1 Å². The summed E-state index contributed by atoms with van der Waals surface area (Å²) >= 11 is 0. The Morgan fingerprint density at radius 1 is 1.65 bits per heavy atom. The third kappa shape index (κ3) is 2.26. The van der Waals surface area contributed by atoms with Crippen molar-refractivity contribution in [1.29, 1.82) is 0 Å². The fraction of sp³-hybridized carbons (Fsp3) is 0.364. The summed E-state index contributed by atoms with van der Waals surface area (Å²) in [6.07, 6.45) is 1.60. The van der Waals surface area contributed by atoms with Gasteiger partial charge in [-0.2, -0.15) is 0 Å². The van der Waals surface area contributed by atoms with Crippen LogP contribution >= 0.6 is 0 Å². The van der Waals surface area contributed by atoms with Crippen LogP contribution in [-0.2, 0) is 16.1 Å². The predicted molar refractivity (Wildman–Crippen MR) is 60.2 cm³/mol. The van der Waals surface area contributed by atoms with E-state index in [4.69, 9.17) is 10.8 Å². The smallest absolute Gasteiger partial charge is 0.308 e. The molecule has 90 valence electrons. The molecule has 0 radical (unpaired) electrons. The molecule has 17 heavy (non-hydrogen) atoms. The van der Waals surface area contributed by atoms with Crippen molar-refractivity contribution in [3.63, 3.8) is 0 Å². The normalized spacial score (nSPS) is 19.7. The van der Waals surface area contributed by atoms with Gasteiger partial charge in [-0.1, -0.05) is 0 Å². The van der Waals surface area contributed by atoms with E-state index in [1.54, 1.807) is 18.3 Å². The molecule has 1 aliphatic heterocycles. The van der Waals surface area contributed by atoms with Gasteiger partial charge in [0, 0.05) is 25.7 Å². The molecule has 1 aliphatic rings. The number of amides is 1. The molecule has 1 unspecified atom stereocenters. The summed E-state index contributed by atoms with van der Waals surface area (Å²) in [5, 5.41) is 8.88. The van der Waals surface area contributed by atoms with Crippen molar-refractivity contribution in [2.75, 3.05) is 11.4 Å². The molecule has 0 saturated carbocycles. The molecule has 0 aliphatic carbocycles. The van der Waals surface area contributed by atoms with Gasteiger partial charge >= 0.3 is 5.97 Å². The molecule has 0 spiro atoms. The molecule has 1 amide bonds. The molecular formula is C11H13N3O3. The number of carboxylic acids is 1. The van der Waals surface area contributed by atoms with Crippen LogP contribution < -0.4 is 10.6 Å². The number of nitrogens with two attached hydrogens (primary N) is 1. The minimum atomic E-state index is -0.948. The number of nitrogens with zero attached hydrogens (tertiary/aromatic N) is 2. The summed E-state index contributed by atoms with van der Waals surface area (Å²) in [5.74, 6) is -1.33. The fourth-order valence-electron chi connectivity index (χ4n) is 1.83. The predicted octanol–water partition coefficient (Wildman–Crippen LogP) is -0.0222. The summed E-state index contributed by atoms with van der Waals surface area (Å²) in [4.78, 5) is 28.0. The van der Waals surface area contributed by atoms with E-state index in [1.807, 2.05) is 0 Å². The van der Waals surface area contributed by atoms with E-state index in [9.17, 15) is 9.59 Å². The molecule has 1 saturated heterocycles. The van der Waals surface area contributed by atoms with Crippen molar-refractivity contribution in [2.45, 2.75) is 13.0 Å². The first-order chi connectivity index (χ1) is 8.11. The summed E-state index contributed by atoms with van der Waals surface area (Å²) < 4.78 is 0. The Hall–Kier alpha value is -1.95. The van der Waals surface area contributed by atoms with Crippen LogP contribution in [0.5, 0.6) is 0 Å². The lowest BCUT2D eigenvalue weighted by atomic mass is 10.1. The van der Waals surface area contributed by atoms with Crippen LogP contribution in [0.4, 0.5) is 5.82 Å². The first kappa shape index (κ1) is 11.5. The largest absolute Gasteiger partial charge is 0.481 e. The molecule has 2 heterocycles. The van der Waals surface area contributed by atoms with E-state index in [0.29, 0.717) is 12.4 Å². The van der Waals surface area contributed by atoms with E-state index >= 15 is 0 Å². The number of carbonyl (C=O) groups is 2. The van der Waals surface area contributed by atoms with E-state index in [2.05, 4.69) is 4.98 Å². The van der Waals surface area contributed by atoms with Crippen molar-refractivity contribution in [3.8, 4) is 0 Å². The van der Waals surface area contributed by atoms with Gasteiger partial charge in [0.25, 0.3) is 0 Å². The Kier molecular flexibility index (Phi) is 3.06. The number of carboxylic acid groups (broad SMARTS) is 1. The molecule has 0 aromatic carbocycles. The number of hydrogen-bond acceptors (Lipinski definition) is 4. The topological polar surface area (TPSA) is 96.5 Å². The molecular weight excluding hydrogens is 222 g/mol. The number of anilines is 1. The zero-order valence-corrected chi connectivity index (χ0v) is 9.17. The van der Waals surface area contributed by atoms with Gasteiger partial charge in [0.1, 0.15) is 5.82 Å². The van der Waals surface area contributed by atoms with Crippen molar-refractivity contribution in [2.24, 2.45) is 11.7 Å². The minimum Gasteiger partial charge on any atom is -0.481 e. The number of aromatic nitrogens is 1. The van der Waals surface area contributed by atoms with Gasteiger partial charge in [-0.15, -0.1) is 0 Å². The van der Waals surface area contributed by atoms with Crippen LogP contribution in [0.1, 0.15) is 12.0 Å². The number of aliphatic carboxylic acids is 1. The van der Waals surface area contributed by atoms with Gasteiger partial charge in [-0.3, -0.25) is 14.5 Å². The lowest BCUT2D eigenvalue weighted by molar-refractivity contribution is -0.141.